The number of rotatable bonds is 5. The van der Waals surface area contributed by atoms with E-state index in [0.717, 1.165) is 29.6 Å². The molecule has 3 rings (SSSR count). The van der Waals surface area contributed by atoms with Crippen molar-refractivity contribution in [1.82, 2.24) is 5.43 Å². The van der Waals surface area contributed by atoms with E-state index in [0.29, 0.717) is 5.02 Å². The summed E-state index contributed by atoms with van der Waals surface area (Å²) in [7, 11) is 0. The summed E-state index contributed by atoms with van der Waals surface area (Å²) in [5, 5.41) is 1.70. The summed E-state index contributed by atoms with van der Waals surface area (Å²) in [6, 6.07) is 17.9. The molecule has 1 heterocycles. The van der Waals surface area contributed by atoms with E-state index in [-0.39, 0.29) is 6.04 Å². The van der Waals surface area contributed by atoms with Gasteiger partial charge in [-0.15, -0.1) is 0 Å². The summed E-state index contributed by atoms with van der Waals surface area (Å²) in [4.78, 5) is 0. The first-order chi connectivity index (χ1) is 10.3. The SMILES string of the molecule is NNC(CCc1ccccc1)c1cc2cc(Cl)ccc2o1. The van der Waals surface area contributed by atoms with Crippen LogP contribution < -0.4 is 11.3 Å². The lowest BCUT2D eigenvalue weighted by Crippen LogP contribution is -2.28. The summed E-state index contributed by atoms with van der Waals surface area (Å²) < 4.78 is 5.86. The zero-order valence-corrected chi connectivity index (χ0v) is 12.3. The molecular formula is C17H17ClN2O. The van der Waals surface area contributed by atoms with Gasteiger partial charge in [-0.1, -0.05) is 41.9 Å². The Labute approximate surface area is 128 Å². The molecule has 0 spiro atoms. The maximum Gasteiger partial charge on any atom is 0.134 e. The molecule has 0 aliphatic carbocycles. The van der Waals surface area contributed by atoms with Crippen LogP contribution in [0.15, 0.2) is 59.0 Å². The van der Waals surface area contributed by atoms with E-state index in [9.17, 15) is 0 Å². The fourth-order valence-corrected chi connectivity index (χ4v) is 2.65. The van der Waals surface area contributed by atoms with Crippen molar-refractivity contribution in [1.29, 1.82) is 0 Å². The van der Waals surface area contributed by atoms with Crippen LogP contribution in [-0.4, -0.2) is 0 Å². The zero-order chi connectivity index (χ0) is 14.7. The first-order valence-electron chi connectivity index (χ1n) is 6.95. The van der Waals surface area contributed by atoms with Crippen LogP contribution in [0.25, 0.3) is 11.0 Å². The van der Waals surface area contributed by atoms with Crippen molar-refractivity contribution in [3.63, 3.8) is 0 Å². The third kappa shape index (κ3) is 3.27. The largest absolute Gasteiger partial charge is 0.459 e. The molecule has 0 saturated carbocycles. The highest BCUT2D eigenvalue weighted by atomic mass is 35.5. The molecule has 3 aromatic rings. The Morgan fingerprint density at radius 2 is 1.90 bits per heavy atom. The van der Waals surface area contributed by atoms with Gasteiger partial charge in [0.25, 0.3) is 0 Å². The second-order valence-electron chi connectivity index (χ2n) is 5.07. The van der Waals surface area contributed by atoms with Crippen LogP contribution in [0.4, 0.5) is 0 Å². The fourth-order valence-electron chi connectivity index (χ4n) is 2.47. The number of nitrogens with two attached hydrogens (primary N) is 1. The van der Waals surface area contributed by atoms with Crippen molar-refractivity contribution in [2.75, 3.05) is 0 Å². The molecule has 1 unspecified atom stereocenters. The number of halogens is 1. The maximum absolute atomic E-state index is 6.00. The van der Waals surface area contributed by atoms with Crippen molar-refractivity contribution < 1.29 is 4.42 Å². The van der Waals surface area contributed by atoms with Gasteiger partial charge in [0.2, 0.25) is 0 Å². The van der Waals surface area contributed by atoms with Gasteiger partial charge < -0.3 is 4.42 Å². The topological polar surface area (TPSA) is 51.2 Å². The van der Waals surface area contributed by atoms with Gasteiger partial charge in [0.15, 0.2) is 0 Å². The minimum absolute atomic E-state index is 0.0172. The molecule has 0 saturated heterocycles. The van der Waals surface area contributed by atoms with Crippen LogP contribution in [0.3, 0.4) is 0 Å². The van der Waals surface area contributed by atoms with E-state index in [4.69, 9.17) is 21.9 Å². The van der Waals surface area contributed by atoms with Gasteiger partial charge in [-0.2, -0.15) is 0 Å². The van der Waals surface area contributed by atoms with Crippen LogP contribution in [-0.2, 0) is 6.42 Å². The fraction of sp³-hybridized carbons (Fsp3) is 0.176. The van der Waals surface area contributed by atoms with Crippen LogP contribution in [0.2, 0.25) is 5.02 Å². The molecule has 0 bridgehead atoms. The van der Waals surface area contributed by atoms with E-state index in [1.54, 1.807) is 0 Å². The van der Waals surface area contributed by atoms with E-state index < -0.39 is 0 Å². The van der Waals surface area contributed by atoms with Crippen molar-refractivity contribution in [2.45, 2.75) is 18.9 Å². The lowest BCUT2D eigenvalue weighted by molar-refractivity contribution is 0.417. The molecule has 21 heavy (non-hydrogen) atoms. The third-order valence-electron chi connectivity index (χ3n) is 3.61. The van der Waals surface area contributed by atoms with E-state index in [1.165, 1.54) is 5.56 Å². The molecule has 1 atom stereocenters. The van der Waals surface area contributed by atoms with Gasteiger partial charge in [-0.25, -0.2) is 5.43 Å². The average Bonchev–Trinajstić information content (AvgIpc) is 2.92. The van der Waals surface area contributed by atoms with Crippen molar-refractivity contribution >= 4 is 22.6 Å². The van der Waals surface area contributed by atoms with Crippen LogP contribution in [0.1, 0.15) is 23.8 Å². The summed E-state index contributed by atoms with van der Waals surface area (Å²) in [5.74, 6) is 6.52. The van der Waals surface area contributed by atoms with Crippen LogP contribution in [0, 0.1) is 0 Å². The summed E-state index contributed by atoms with van der Waals surface area (Å²) in [5.41, 5.74) is 4.95. The number of benzene rings is 2. The molecule has 3 N–H and O–H groups in total. The highest BCUT2D eigenvalue weighted by molar-refractivity contribution is 6.31. The molecule has 3 nitrogen and oxygen atoms in total. The quantitative estimate of drug-likeness (QED) is 0.548. The van der Waals surface area contributed by atoms with E-state index >= 15 is 0 Å². The summed E-state index contributed by atoms with van der Waals surface area (Å²) in [6.45, 7) is 0. The highest BCUT2D eigenvalue weighted by Crippen LogP contribution is 2.28. The second kappa shape index (κ2) is 6.31. The molecule has 0 aliphatic rings. The molecule has 0 radical (unpaired) electrons. The molecule has 1 aromatic heterocycles. The highest BCUT2D eigenvalue weighted by Gasteiger charge is 2.15. The molecule has 0 fully saturated rings. The first kappa shape index (κ1) is 14.1. The smallest absolute Gasteiger partial charge is 0.134 e. The molecule has 4 heteroatoms. The van der Waals surface area contributed by atoms with Gasteiger partial charge >= 0.3 is 0 Å². The van der Waals surface area contributed by atoms with E-state index in [2.05, 4.69) is 17.6 Å². The number of hydrazine groups is 1. The molecular weight excluding hydrogens is 284 g/mol. The maximum atomic E-state index is 6.00. The number of hydrogen-bond donors (Lipinski definition) is 2. The van der Waals surface area contributed by atoms with Crippen LogP contribution >= 0.6 is 11.6 Å². The lowest BCUT2D eigenvalue weighted by Gasteiger charge is -2.12. The monoisotopic (exact) mass is 300 g/mol. The number of nitrogens with one attached hydrogen (secondary N) is 1. The minimum atomic E-state index is -0.0172. The van der Waals surface area contributed by atoms with Crippen molar-refractivity contribution in [3.05, 3.63) is 70.9 Å². The summed E-state index contributed by atoms with van der Waals surface area (Å²) >= 11 is 6.00. The minimum Gasteiger partial charge on any atom is -0.459 e. The Morgan fingerprint density at radius 1 is 1.10 bits per heavy atom. The number of fused-ring (bicyclic) bond motifs is 1. The predicted molar refractivity (Wildman–Crippen MR) is 86.1 cm³/mol. The Hall–Kier alpha value is -1.81. The number of aryl methyl sites for hydroxylation is 1. The van der Waals surface area contributed by atoms with Crippen molar-refractivity contribution in [2.24, 2.45) is 5.84 Å². The van der Waals surface area contributed by atoms with Gasteiger partial charge in [0.1, 0.15) is 11.3 Å². The second-order valence-corrected chi connectivity index (χ2v) is 5.51. The number of hydrogen-bond acceptors (Lipinski definition) is 3. The van der Waals surface area contributed by atoms with Gasteiger partial charge in [0, 0.05) is 10.4 Å². The van der Waals surface area contributed by atoms with Gasteiger partial charge in [-0.3, -0.25) is 5.84 Å². The Morgan fingerprint density at radius 3 is 2.67 bits per heavy atom. The number of furan rings is 1. The van der Waals surface area contributed by atoms with Crippen molar-refractivity contribution in [3.8, 4) is 0 Å². The Balaban J connectivity index is 1.78. The molecule has 108 valence electrons. The van der Waals surface area contributed by atoms with Crippen LogP contribution in [0.5, 0.6) is 0 Å². The molecule has 0 aliphatic heterocycles. The normalized spacial score (nSPS) is 12.7. The molecule has 0 amide bonds. The van der Waals surface area contributed by atoms with Gasteiger partial charge in [-0.05, 0) is 42.7 Å². The first-order valence-corrected chi connectivity index (χ1v) is 7.33. The average molecular weight is 301 g/mol. The Kier molecular flexibility index (Phi) is 4.25. The predicted octanol–water partition coefficient (Wildman–Crippen LogP) is 4.22. The molecule has 2 aromatic carbocycles. The third-order valence-corrected chi connectivity index (χ3v) is 3.84. The standard InChI is InChI=1S/C17H17ClN2O/c18-14-7-9-16-13(10-14)11-17(21-16)15(20-19)8-6-12-4-2-1-3-5-12/h1-5,7,9-11,15,20H,6,8,19H2. The van der Waals surface area contributed by atoms with E-state index in [1.807, 2.05) is 42.5 Å². The van der Waals surface area contributed by atoms with Gasteiger partial charge in [0.05, 0.1) is 6.04 Å². The lowest BCUT2D eigenvalue weighted by atomic mass is 10.0. The Bertz CT molecular complexity index is 724. The summed E-state index contributed by atoms with van der Waals surface area (Å²) in [6.07, 6.45) is 1.81. The zero-order valence-electron chi connectivity index (χ0n) is 11.6.